The summed E-state index contributed by atoms with van der Waals surface area (Å²) < 4.78 is 1.17. The van der Waals surface area contributed by atoms with Crippen LogP contribution in [0, 0.1) is 0 Å². The monoisotopic (exact) mass is 145 g/mol. The van der Waals surface area contributed by atoms with Crippen LogP contribution in [0.4, 0.5) is 0 Å². The van der Waals surface area contributed by atoms with Gasteiger partial charge in [0.15, 0.2) is 0 Å². The van der Waals surface area contributed by atoms with Crippen LogP contribution in [0.15, 0.2) is 16.5 Å². The molecule has 0 saturated carbocycles. The lowest BCUT2D eigenvalue weighted by molar-refractivity contribution is 1.26. The third kappa shape index (κ3) is 1.56. The standard InChI is InChI=1S/C5H7NS2/c1-7-5-6-3-2-4-8-5/h2,4H,3H2,1H3. The van der Waals surface area contributed by atoms with E-state index in [4.69, 9.17) is 0 Å². The molecule has 0 aromatic rings. The molecule has 1 rings (SSSR count). The summed E-state index contributed by atoms with van der Waals surface area (Å²) in [5.74, 6) is 0. The summed E-state index contributed by atoms with van der Waals surface area (Å²) >= 11 is 3.40. The summed E-state index contributed by atoms with van der Waals surface area (Å²) in [6, 6.07) is 0. The third-order valence-corrected chi connectivity index (χ3v) is 2.69. The van der Waals surface area contributed by atoms with Gasteiger partial charge in [0.05, 0.1) is 6.54 Å². The van der Waals surface area contributed by atoms with Crippen molar-refractivity contribution in [1.29, 1.82) is 0 Å². The number of aliphatic imine (C=N–C) groups is 1. The maximum Gasteiger partial charge on any atom is 0.128 e. The van der Waals surface area contributed by atoms with Crippen molar-refractivity contribution in [1.82, 2.24) is 0 Å². The molecule has 0 unspecified atom stereocenters. The summed E-state index contributed by atoms with van der Waals surface area (Å²) in [7, 11) is 0. The molecule has 0 bridgehead atoms. The zero-order valence-corrected chi connectivity index (χ0v) is 6.26. The normalized spacial score (nSPS) is 18.4. The van der Waals surface area contributed by atoms with Gasteiger partial charge in [0.1, 0.15) is 4.38 Å². The van der Waals surface area contributed by atoms with Crippen LogP contribution in [-0.4, -0.2) is 17.2 Å². The predicted molar refractivity (Wildman–Crippen MR) is 42.5 cm³/mol. The van der Waals surface area contributed by atoms with Gasteiger partial charge in [0.2, 0.25) is 0 Å². The van der Waals surface area contributed by atoms with E-state index in [1.807, 2.05) is 6.26 Å². The molecule has 1 aliphatic rings. The van der Waals surface area contributed by atoms with Crippen molar-refractivity contribution < 1.29 is 0 Å². The lowest BCUT2D eigenvalue weighted by Crippen LogP contribution is -1.87. The predicted octanol–water partition coefficient (Wildman–Crippen LogP) is 1.97. The van der Waals surface area contributed by atoms with Crippen molar-refractivity contribution in [3.8, 4) is 0 Å². The summed E-state index contributed by atoms with van der Waals surface area (Å²) in [6.45, 7) is 0.864. The first-order valence-electron chi connectivity index (χ1n) is 2.33. The largest absolute Gasteiger partial charge is 0.267 e. The van der Waals surface area contributed by atoms with E-state index in [1.165, 1.54) is 4.38 Å². The first-order valence-corrected chi connectivity index (χ1v) is 4.44. The van der Waals surface area contributed by atoms with E-state index in [-0.39, 0.29) is 0 Å². The van der Waals surface area contributed by atoms with Crippen LogP contribution in [0.2, 0.25) is 0 Å². The van der Waals surface area contributed by atoms with Gasteiger partial charge in [-0.05, 0) is 11.7 Å². The highest BCUT2D eigenvalue weighted by Gasteiger charge is 1.95. The van der Waals surface area contributed by atoms with Gasteiger partial charge in [-0.1, -0.05) is 17.8 Å². The maximum absolute atomic E-state index is 4.20. The second-order valence-corrected chi connectivity index (χ2v) is 3.25. The lowest BCUT2D eigenvalue weighted by Gasteiger charge is -2.00. The number of hydrogen-bond donors (Lipinski definition) is 0. The Hall–Kier alpha value is 0.110. The van der Waals surface area contributed by atoms with E-state index in [1.54, 1.807) is 23.5 Å². The molecule has 3 heteroatoms. The number of nitrogens with zero attached hydrogens (tertiary/aromatic N) is 1. The fourth-order valence-corrected chi connectivity index (χ4v) is 1.63. The minimum Gasteiger partial charge on any atom is -0.267 e. The van der Waals surface area contributed by atoms with E-state index in [0.717, 1.165) is 6.54 Å². The summed E-state index contributed by atoms with van der Waals surface area (Å²) in [6.07, 6.45) is 4.11. The van der Waals surface area contributed by atoms with Crippen LogP contribution in [0.3, 0.4) is 0 Å². The Morgan fingerprint density at radius 2 is 2.75 bits per heavy atom. The molecule has 8 heavy (non-hydrogen) atoms. The molecule has 44 valence electrons. The maximum atomic E-state index is 4.20. The van der Waals surface area contributed by atoms with Crippen molar-refractivity contribution in [3.63, 3.8) is 0 Å². The molecule has 0 fully saturated rings. The first-order chi connectivity index (χ1) is 3.93. The minimum absolute atomic E-state index is 0.864. The highest BCUT2D eigenvalue weighted by Crippen LogP contribution is 2.18. The molecule has 0 atom stereocenters. The Balaban J connectivity index is 2.43. The van der Waals surface area contributed by atoms with Crippen LogP contribution in [0.25, 0.3) is 0 Å². The fourth-order valence-electron chi connectivity index (χ4n) is 0.427. The van der Waals surface area contributed by atoms with Crippen molar-refractivity contribution in [2.24, 2.45) is 4.99 Å². The van der Waals surface area contributed by atoms with Gasteiger partial charge in [-0.15, -0.1) is 11.8 Å². The Bertz CT molecular complexity index is 128. The Labute approximate surface area is 57.6 Å². The molecule has 0 aromatic heterocycles. The molecule has 0 aliphatic carbocycles. The molecule has 0 aromatic carbocycles. The second kappa shape index (κ2) is 3.20. The molecule has 0 radical (unpaired) electrons. The van der Waals surface area contributed by atoms with Gasteiger partial charge >= 0.3 is 0 Å². The van der Waals surface area contributed by atoms with Crippen LogP contribution < -0.4 is 0 Å². The van der Waals surface area contributed by atoms with Gasteiger partial charge in [-0.2, -0.15) is 0 Å². The van der Waals surface area contributed by atoms with Gasteiger partial charge in [0, 0.05) is 0 Å². The molecule has 1 nitrogen and oxygen atoms in total. The Morgan fingerprint density at radius 3 is 3.12 bits per heavy atom. The topological polar surface area (TPSA) is 12.4 Å². The minimum atomic E-state index is 0.864. The Kier molecular flexibility index (Phi) is 2.49. The van der Waals surface area contributed by atoms with Gasteiger partial charge in [-0.3, -0.25) is 4.99 Å². The van der Waals surface area contributed by atoms with Gasteiger partial charge in [-0.25, -0.2) is 0 Å². The van der Waals surface area contributed by atoms with E-state index >= 15 is 0 Å². The molecule has 1 heterocycles. The van der Waals surface area contributed by atoms with E-state index < -0.39 is 0 Å². The smallest absolute Gasteiger partial charge is 0.128 e. The molecule has 0 amide bonds. The summed E-state index contributed by atoms with van der Waals surface area (Å²) in [5, 5.41) is 2.08. The third-order valence-electron chi connectivity index (χ3n) is 0.765. The van der Waals surface area contributed by atoms with Crippen molar-refractivity contribution in [2.45, 2.75) is 0 Å². The van der Waals surface area contributed by atoms with Gasteiger partial charge < -0.3 is 0 Å². The SMILES string of the molecule is CSC1=NCC=CS1. The number of thioether (sulfide) groups is 2. The number of rotatable bonds is 0. The average molecular weight is 145 g/mol. The second-order valence-electron chi connectivity index (χ2n) is 1.30. The van der Waals surface area contributed by atoms with Crippen LogP contribution in [-0.2, 0) is 0 Å². The fraction of sp³-hybridized carbons (Fsp3) is 0.400. The number of hydrogen-bond acceptors (Lipinski definition) is 3. The van der Waals surface area contributed by atoms with Crippen LogP contribution in [0.5, 0.6) is 0 Å². The van der Waals surface area contributed by atoms with Crippen molar-refractivity contribution in [3.05, 3.63) is 11.5 Å². The summed E-state index contributed by atoms with van der Waals surface area (Å²) in [4.78, 5) is 4.20. The highest BCUT2D eigenvalue weighted by molar-refractivity contribution is 8.39. The molecular formula is C5H7NS2. The highest BCUT2D eigenvalue weighted by atomic mass is 32.2. The Morgan fingerprint density at radius 1 is 1.88 bits per heavy atom. The first kappa shape index (κ1) is 6.23. The van der Waals surface area contributed by atoms with E-state index in [0.29, 0.717) is 0 Å². The molecule has 0 N–H and O–H groups in total. The lowest BCUT2D eigenvalue weighted by atomic mass is 10.6. The molecule has 1 aliphatic heterocycles. The molecule has 0 spiro atoms. The van der Waals surface area contributed by atoms with E-state index in [2.05, 4.69) is 16.5 Å². The van der Waals surface area contributed by atoms with Crippen LogP contribution >= 0.6 is 23.5 Å². The quantitative estimate of drug-likeness (QED) is 0.516. The van der Waals surface area contributed by atoms with Crippen LogP contribution in [0.1, 0.15) is 0 Å². The molecule has 0 saturated heterocycles. The van der Waals surface area contributed by atoms with E-state index in [9.17, 15) is 0 Å². The van der Waals surface area contributed by atoms with Gasteiger partial charge in [0.25, 0.3) is 0 Å². The zero-order valence-electron chi connectivity index (χ0n) is 4.63. The average Bonchev–Trinajstić information content (AvgIpc) is 1.90. The zero-order chi connectivity index (χ0) is 5.82. The molecular weight excluding hydrogens is 138 g/mol. The van der Waals surface area contributed by atoms with Crippen molar-refractivity contribution in [2.75, 3.05) is 12.8 Å². The summed E-state index contributed by atoms with van der Waals surface area (Å²) in [5.41, 5.74) is 0. The van der Waals surface area contributed by atoms with Crippen molar-refractivity contribution >= 4 is 27.9 Å².